The van der Waals surface area contributed by atoms with Crippen LogP contribution in [-0.4, -0.2) is 35.8 Å². The molecule has 0 unspecified atom stereocenters. The van der Waals surface area contributed by atoms with Gasteiger partial charge in [0.2, 0.25) is 18.0 Å². The van der Waals surface area contributed by atoms with E-state index in [1.54, 1.807) is 0 Å². The number of hydrogen-bond donors (Lipinski definition) is 1. The van der Waals surface area contributed by atoms with Gasteiger partial charge in [-0.25, -0.2) is 9.78 Å². The molecule has 9 atom stereocenters. The summed E-state index contributed by atoms with van der Waals surface area (Å²) in [4.78, 5) is 37.1. The van der Waals surface area contributed by atoms with E-state index in [1.807, 2.05) is 51.1 Å². The van der Waals surface area contributed by atoms with Gasteiger partial charge in [0.15, 0.2) is 11.9 Å². The van der Waals surface area contributed by atoms with Gasteiger partial charge in [-0.2, -0.15) is 0 Å². The lowest BCUT2D eigenvalue weighted by atomic mass is 9.58. The highest BCUT2D eigenvalue weighted by atomic mass is 17.3. The fourth-order valence-corrected chi connectivity index (χ4v) is 6.55. The van der Waals surface area contributed by atoms with Crippen LogP contribution in [0.4, 0.5) is 0 Å². The highest BCUT2D eigenvalue weighted by Gasteiger charge is 2.69. The first-order valence-electron chi connectivity index (χ1n) is 13.0. The van der Waals surface area contributed by atoms with Gasteiger partial charge in [-0.3, -0.25) is 9.59 Å². The molecule has 0 radical (unpaired) electrons. The highest BCUT2D eigenvalue weighted by molar-refractivity contribution is 5.81. The summed E-state index contributed by atoms with van der Waals surface area (Å²) in [5.41, 5.74) is 0.322. The number of nitrogens with one attached hydrogen (secondary N) is 1. The molecule has 35 heavy (non-hydrogen) atoms. The van der Waals surface area contributed by atoms with Gasteiger partial charge in [-0.1, -0.05) is 44.2 Å². The third kappa shape index (κ3) is 4.50. The third-order valence-corrected chi connectivity index (χ3v) is 8.58. The van der Waals surface area contributed by atoms with E-state index in [2.05, 4.69) is 12.2 Å². The smallest absolute Gasteiger partial charge is 0.308 e. The summed E-state index contributed by atoms with van der Waals surface area (Å²) in [6.45, 7) is 8.09. The lowest BCUT2D eigenvalue weighted by molar-refractivity contribution is -0.576. The molecule has 8 heteroatoms. The standard InChI is InChI=1S/C27H37NO7/c1-16-10-11-21-17(2)24(32-25-27(21)20(16)14-15-26(4,33-25)34-35-27)31-23(30)13-12-22(29)28-18(3)19-8-6-5-7-9-19/h5-9,16-18,20-21,24-25H,10-15H2,1-4H3,(H,28,29)/t16-,17-,18+,20+,21+,24-,25-,26-,27+/m1/s1. The number of carbonyl (C=O) groups is 2. The summed E-state index contributed by atoms with van der Waals surface area (Å²) in [6.07, 6.45) is 2.30. The molecular formula is C27H37NO7. The summed E-state index contributed by atoms with van der Waals surface area (Å²) >= 11 is 0. The molecule has 8 nitrogen and oxygen atoms in total. The molecule has 4 heterocycles. The maximum Gasteiger partial charge on any atom is 0.308 e. The second kappa shape index (κ2) is 9.47. The normalized spacial score (nSPS) is 40.8. The Morgan fingerprint density at radius 1 is 1.09 bits per heavy atom. The number of benzene rings is 1. The largest absolute Gasteiger partial charge is 0.435 e. The quantitative estimate of drug-likeness (QED) is 0.470. The molecule has 1 aliphatic carbocycles. The second-order valence-corrected chi connectivity index (χ2v) is 11.0. The van der Waals surface area contributed by atoms with Crippen molar-refractivity contribution in [3.8, 4) is 0 Å². The van der Waals surface area contributed by atoms with E-state index in [9.17, 15) is 9.59 Å². The number of hydrogen-bond acceptors (Lipinski definition) is 7. The second-order valence-electron chi connectivity index (χ2n) is 11.0. The average molecular weight is 488 g/mol. The van der Waals surface area contributed by atoms with Crippen LogP contribution >= 0.6 is 0 Å². The van der Waals surface area contributed by atoms with Crippen molar-refractivity contribution in [3.63, 3.8) is 0 Å². The number of esters is 1. The molecule has 6 rings (SSSR count). The Balaban J connectivity index is 1.21. The van der Waals surface area contributed by atoms with Crippen molar-refractivity contribution >= 4 is 11.9 Å². The summed E-state index contributed by atoms with van der Waals surface area (Å²) in [6, 6.07) is 9.58. The van der Waals surface area contributed by atoms with Crippen LogP contribution in [0.15, 0.2) is 30.3 Å². The van der Waals surface area contributed by atoms with E-state index >= 15 is 0 Å². The zero-order valence-electron chi connectivity index (χ0n) is 21.0. The van der Waals surface area contributed by atoms with Crippen LogP contribution in [0.2, 0.25) is 0 Å². The molecule has 4 aliphatic heterocycles. The summed E-state index contributed by atoms with van der Waals surface area (Å²) in [5, 5.41) is 2.93. The van der Waals surface area contributed by atoms with E-state index in [0.717, 1.165) is 31.2 Å². The molecule has 1 N–H and O–H groups in total. The Kier molecular flexibility index (Phi) is 6.68. The molecule has 0 aromatic heterocycles. The summed E-state index contributed by atoms with van der Waals surface area (Å²) in [7, 11) is 0. The lowest BCUT2D eigenvalue weighted by Gasteiger charge is -2.59. The fraction of sp³-hybridized carbons (Fsp3) is 0.704. The first-order valence-corrected chi connectivity index (χ1v) is 13.0. The minimum Gasteiger partial charge on any atom is -0.435 e. The Hall–Kier alpha value is -2.00. The number of carbonyl (C=O) groups excluding carboxylic acids is 2. The molecule has 5 aliphatic rings. The van der Waals surface area contributed by atoms with Crippen LogP contribution in [0, 0.1) is 23.7 Å². The molecule has 192 valence electrons. The van der Waals surface area contributed by atoms with Crippen LogP contribution in [0.5, 0.6) is 0 Å². The van der Waals surface area contributed by atoms with Crippen LogP contribution in [0.3, 0.4) is 0 Å². The van der Waals surface area contributed by atoms with E-state index in [1.165, 1.54) is 0 Å². The van der Waals surface area contributed by atoms with Crippen molar-refractivity contribution in [2.24, 2.45) is 23.7 Å². The molecule has 1 aromatic rings. The molecule has 1 spiro atoms. The van der Waals surface area contributed by atoms with Crippen LogP contribution in [0.1, 0.15) is 77.8 Å². The maximum absolute atomic E-state index is 12.7. The van der Waals surface area contributed by atoms with Crippen LogP contribution in [-0.2, 0) is 33.6 Å². The molecular weight excluding hydrogens is 450 g/mol. The molecule has 1 amide bonds. The zero-order chi connectivity index (χ0) is 24.8. The first kappa shape index (κ1) is 24.7. The zero-order valence-corrected chi connectivity index (χ0v) is 21.0. The van der Waals surface area contributed by atoms with Crippen molar-refractivity contribution in [1.82, 2.24) is 5.32 Å². The van der Waals surface area contributed by atoms with Gasteiger partial charge >= 0.3 is 5.97 Å². The molecule has 4 saturated heterocycles. The summed E-state index contributed by atoms with van der Waals surface area (Å²) in [5.74, 6) is -0.812. The molecule has 1 saturated carbocycles. The SMILES string of the molecule is C[C@H]1[C@H](OC(=O)CCC(=O)N[C@@H](C)c2ccccc2)O[C@@H]2O[C@@]3(C)CC[C@H]4[C@H](C)CC[C@@H]1[C@]24OO3. The number of amides is 1. The van der Waals surface area contributed by atoms with Crippen LogP contribution in [0.25, 0.3) is 0 Å². The Labute approximate surface area is 206 Å². The van der Waals surface area contributed by atoms with Crippen molar-refractivity contribution < 1.29 is 33.6 Å². The Morgan fingerprint density at radius 3 is 2.63 bits per heavy atom. The van der Waals surface area contributed by atoms with Gasteiger partial charge in [0.1, 0.15) is 0 Å². The van der Waals surface area contributed by atoms with Crippen molar-refractivity contribution in [2.45, 2.75) is 96.2 Å². The van der Waals surface area contributed by atoms with E-state index < -0.39 is 29.9 Å². The van der Waals surface area contributed by atoms with Gasteiger partial charge in [-0.05, 0) is 50.5 Å². The summed E-state index contributed by atoms with van der Waals surface area (Å²) < 4.78 is 18.4. The Bertz CT molecular complexity index is 941. The van der Waals surface area contributed by atoms with Crippen molar-refractivity contribution in [1.29, 1.82) is 0 Å². The predicted octanol–water partition coefficient (Wildman–Crippen LogP) is 4.40. The van der Waals surface area contributed by atoms with E-state index in [4.69, 9.17) is 24.0 Å². The molecule has 1 aromatic carbocycles. The monoisotopic (exact) mass is 487 g/mol. The number of fused-ring (bicyclic) bond motifs is 2. The topological polar surface area (TPSA) is 92.3 Å². The van der Waals surface area contributed by atoms with E-state index in [-0.39, 0.29) is 42.5 Å². The minimum absolute atomic E-state index is 0.0156. The average Bonchev–Trinajstić information content (AvgIpc) is 3.07. The Morgan fingerprint density at radius 2 is 1.86 bits per heavy atom. The van der Waals surface area contributed by atoms with Gasteiger partial charge < -0.3 is 19.5 Å². The predicted molar refractivity (Wildman–Crippen MR) is 125 cm³/mol. The maximum atomic E-state index is 12.7. The fourth-order valence-electron chi connectivity index (χ4n) is 6.55. The van der Waals surface area contributed by atoms with Crippen LogP contribution < -0.4 is 5.32 Å². The van der Waals surface area contributed by atoms with Gasteiger partial charge in [-0.15, -0.1) is 0 Å². The van der Waals surface area contributed by atoms with Gasteiger partial charge in [0, 0.05) is 24.7 Å². The van der Waals surface area contributed by atoms with Crippen molar-refractivity contribution in [2.75, 3.05) is 0 Å². The van der Waals surface area contributed by atoms with Gasteiger partial charge in [0.25, 0.3) is 0 Å². The minimum atomic E-state index is -0.875. The number of rotatable bonds is 6. The molecule has 2 bridgehead atoms. The van der Waals surface area contributed by atoms with E-state index in [0.29, 0.717) is 5.92 Å². The van der Waals surface area contributed by atoms with Crippen molar-refractivity contribution in [3.05, 3.63) is 35.9 Å². The third-order valence-electron chi connectivity index (χ3n) is 8.58. The number of ether oxygens (including phenoxy) is 3. The lowest BCUT2D eigenvalue weighted by Crippen LogP contribution is -2.70. The molecule has 5 fully saturated rings. The first-order chi connectivity index (χ1) is 16.7. The van der Waals surface area contributed by atoms with Gasteiger partial charge in [0.05, 0.1) is 12.5 Å². The highest BCUT2D eigenvalue weighted by Crippen LogP contribution is 2.60.